The first-order valence-corrected chi connectivity index (χ1v) is 10.7. The van der Waals surface area contributed by atoms with Gasteiger partial charge in [0.05, 0.1) is 24.8 Å². The molecule has 31 heavy (non-hydrogen) atoms. The van der Waals surface area contributed by atoms with Crippen LogP contribution in [0.3, 0.4) is 0 Å². The molecule has 0 aliphatic rings. The van der Waals surface area contributed by atoms with Crippen LogP contribution >= 0.6 is 11.9 Å². The van der Waals surface area contributed by atoms with Crippen LogP contribution in [0, 0.1) is 0 Å². The zero-order valence-corrected chi connectivity index (χ0v) is 19.0. The standard InChI is InChI=1S/C24H25N3O3S/c1-24(2,3)16-11-12-20(18(13-16)28-4)31-27-22-21-19(29-5)14-17(25-23(21)30-26-22)15-9-7-6-8-10-15/h6-14H,1-5H3,(H,26,27). The Hall–Kier alpha value is -3.19. The highest BCUT2D eigenvalue weighted by Gasteiger charge is 2.19. The third-order valence-electron chi connectivity index (χ3n) is 4.99. The van der Waals surface area contributed by atoms with Crippen LogP contribution in [-0.2, 0) is 5.41 Å². The highest BCUT2D eigenvalue weighted by atomic mass is 32.2. The lowest BCUT2D eigenvalue weighted by molar-refractivity contribution is 0.402. The van der Waals surface area contributed by atoms with Gasteiger partial charge in [0, 0.05) is 11.6 Å². The second-order valence-corrected chi connectivity index (χ2v) is 8.95. The van der Waals surface area contributed by atoms with Crippen LogP contribution in [-0.4, -0.2) is 24.4 Å². The number of nitrogens with zero attached hydrogens (tertiary/aromatic N) is 2. The third-order valence-corrected chi connectivity index (χ3v) is 5.84. The first-order chi connectivity index (χ1) is 14.9. The minimum absolute atomic E-state index is 0.0434. The van der Waals surface area contributed by atoms with Gasteiger partial charge >= 0.3 is 0 Å². The molecule has 0 bridgehead atoms. The number of anilines is 1. The number of fused-ring (bicyclic) bond motifs is 1. The fourth-order valence-electron chi connectivity index (χ4n) is 3.23. The van der Waals surface area contributed by atoms with Gasteiger partial charge in [-0.1, -0.05) is 62.3 Å². The van der Waals surface area contributed by atoms with E-state index in [1.54, 1.807) is 14.2 Å². The van der Waals surface area contributed by atoms with E-state index in [1.807, 2.05) is 42.5 Å². The van der Waals surface area contributed by atoms with Crippen molar-refractivity contribution in [1.82, 2.24) is 10.1 Å². The molecule has 0 saturated heterocycles. The molecule has 2 aromatic heterocycles. The van der Waals surface area contributed by atoms with Gasteiger partial charge in [0.25, 0.3) is 5.71 Å². The van der Waals surface area contributed by atoms with Gasteiger partial charge in [0.2, 0.25) is 0 Å². The van der Waals surface area contributed by atoms with E-state index in [0.717, 1.165) is 21.9 Å². The second kappa shape index (κ2) is 8.51. The summed E-state index contributed by atoms with van der Waals surface area (Å²) in [5.41, 5.74) is 3.41. The van der Waals surface area contributed by atoms with Crippen LogP contribution in [0.2, 0.25) is 0 Å². The normalized spacial score (nSPS) is 11.5. The molecule has 7 heteroatoms. The minimum atomic E-state index is 0.0434. The van der Waals surface area contributed by atoms with Gasteiger partial charge in [-0.05, 0) is 35.1 Å². The maximum Gasteiger partial charge on any atom is 0.264 e. The average molecular weight is 436 g/mol. The first kappa shape index (κ1) is 21.1. The van der Waals surface area contributed by atoms with E-state index in [0.29, 0.717) is 22.7 Å². The minimum Gasteiger partial charge on any atom is -0.496 e. The predicted molar refractivity (Wildman–Crippen MR) is 125 cm³/mol. The molecule has 0 fully saturated rings. The summed E-state index contributed by atoms with van der Waals surface area (Å²) in [6, 6.07) is 18.0. The van der Waals surface area contributed by atoms with Crippen molar-refractivity contribution in [3.63, 3.8) is 0 Å². The summed E-state index contributed by atoms with van der Waals surface area (Å²) in [5.74, 6) is 1.99. The van der Waals surface area contributed by atoms with Gasteiger partial charge in [-0.3, -0.25) is 0 Å². The van der Waals surface area contributed by atoms with Crippen LogP contribution in [0.5, 0.6) is 11.5 Å². The Kier molecular flexibility index (Phi) is 5.78. The van der Waals surface area contributed by atoms with Gasteiger partial charge in [-0.15, -0.1) is 0 Å². The van der Waals surface area contributed by atoms with Crippen molar-refractivity contribution in [2.24, 2.45) is 0 Å². The molecular formula is C24H25N3O3S. The summed E-state index contributed by atoms with van der Waals surface area (Å²) in [7, 11) is 3.30. The van der Waals surface area contributed by atoms with E-state index in [4.69, 9.17) is 14.0 Å². The number of aromatic nitrogens is 2. The van der Waals surface area contributed by atoms with Gasteiger partial charge in [0.15, 0.2) is 5.82 Å². The van der Waals surface area contributed by atoms with Crippen molar-refractivity contribution in [2.75, 3.05) is 18.9 Å². The Balaban J connectivity index is 1.64. The van der Waals surface area contributed by atoms with Crippen molar-refractivity contribution in [2.45, 2.75) is 31.1 Å². The molecule has 0 aliphatic carbocycles. The highest BCUT2D eigenvalue weighted by Crippen LogP contribution is 2.38. The lowest BCUT2D eigenvalue weighted by Gasteiger charge is -2.20. The molecule has 2 heterocycles. The van der Waals surface area contributed by atoms with Gasteiger partial charge in [0.1, 0.15) is 16.9 Å². The van der Waals surface area contributed by atoms with Crippen molar-refractivity contribution < 1.29 is 14.0 Å². The third kappa shape index (κ3) is 4.32. The molecule has 6 nitrogen and oxygen atoms in total. The number of pyridine rings is 1. The van der Waals surface area contributed by atoms with Crippen LogP contribution in [0.25, 0.3) is 22.4 Å². The Morgan fingerprint density at radius 2 is 1.68 bits per heavy atom. The topological polar surface area (TPSA) is 69.4 Å². The zero-order valence-electron chi connectivity index (χ0n) is 18.2. The van der Waals surface area contributed by atoms with E-state index >= 15 is 0 Å². The molecule has 0 spiro atoms. The molecule has 0 unspecified atom stereocenters. The maximum absolute atomic E-state index is 5.62. The number of benzene rings is 2. The van der Waals surface area contributed by atoms with Crippen molar-refractivity contribution in [1.29, 1.82) is 0 Å². The molecule has 4 aromatic rings. The van der Waals surface area contributed by atoms with Crippen LogP contribution in [0.15, 0.2) is 64.0 Å². The van der Waals surface area contributed by atoms with Crippen molar-refractivity contribution in [3.05, 3.63) is 60.2 Å². The summed E-state index contributed by atoms with van der Waals surface area (Å²) in [4.78, 5) is 5.56. The molecule has 4 rings (SSSR count). The number of methoxy groups -OCH3 is 2. The molecule has 160 valence electrons. The molecule has 0 radical (unpaired) electrons. The predicted octanol–water partition coefficient (Wildman–Crippen LogP) is 6.32. The molecule has 0 amide bonds. The van der Waals surface area contributed by atoms with E-state index in [-0.39, 0.29) is 5.41 Å². The Morgan fingerprint density at radius 3 is 2.35 bits per heavy atom. The summed E-state index contributed by atoms with van der Waals surface area (Å²) < 4.78 is 20.0. The summed E-state index contributed by atoms with van der Waals surface area (Å²) >= 11 is 1.40. The maximum atomic E-state index is 5.62. The molecule has 1 N–H and O–H groups in total. The Bertz CT molecular complexity index is 1200. The van der Waals surface area contributed by atoms with Crippen molar-refractivity contribution >= 4 is 28.9 Å². The van der Waals surface area contributed by atoms with E-state index < -0.39 is 0 Å². The molecular weight excluding hydrogens is 410 g/mol. The van der Waals surface area contributed by atoms with Crippen LogP contribution in [0.1, 0.15) is 26.3 Å². The monoisotopic (exact) mass is 435 g/mol. The lowest BCUT2D eigenvalue weighted by Crippen LogP contribution is -2.11. The van der Waals surface area contributed by atoms with Gasteiger partial charge < -0.3 is 18.7 Å². The second-order valence-electron chi connectivity index (χ2n) is 8.11. The quantitative estimate of drug-likeness (QED) is 0.355. The van der Waals surface area contributed by atoms with E-state index in [1.165, 1.54) is 17.5 Å². The fourth-order valence-corrected chi connectivity index (χ4v) is 3.95. The van der Waals surface area contributed by atoms with E-state index in [2.05, 4.69) is 47.8 Å². The zero-order chi connectivity index (χ0) is 22.0. The van der Waals surface area contributed by atoms with Gasteiger partial charge in [-0.25, -0.2) is 4.98 Å². The molecule has 0 atom stereocenters. The Labute approximate surface area is 186 Å². The summed E-state index contributed by atoms with van der Waals surface area (Å²) in [6.45, 7) is 6.53. The number of rotatable bonds is 6. The molecule has 2 aromatic carbocycles. The smallest absolute Gasteiger partial charge is 0.264 e. The number of hydrogen-bond acceptors (Lipinski definition) is 7. The molecule has 0 aliphatic heterocycles. The Morgan fingerprint density at radius 1 is 0.935 bits per heavy atom. The van der Waals surface area contributed by atoms with E-state index in [9.17, 15) is 0 Å². The fraction of sp³-hybridized carbons (Fsp3) is 0.250. The summed E-state index contributed by atoms with van der Waals surface area (Å²) in [6.07, 6.45) is 0. The molecule has 0 saturated carbocycles. The van der Waals surface area contributed by atoms with Gasteiger partial charge in [-0.2, -0.15) is 0 Å². The number of ether oxygens (including phenoxy) is 2. The summed E-state index contributed by atoms with van der Waals surface area (Å²) in [5, 5.41) is 4.87. The average Bonchev–Trinajstić information content (AvgIpc) is 3.20. The number of hydrogen-bond donors (Lipinski definition) is 1. The first-order valence-electron chi connectivity index (χ1n) is 9.92. The van der Waals surface area contributed by atoms with Crippen LogP contribution < -0.4 is 14.2 Å². The van der Waals surface area contributed by atoms with Crippen LogP contribution in [0.4, 0.5) is 5.82 Å². The SMILES string of the molecule is COc1cc(C(C)(C)C)ccc1SNc1noc2nc(-c3ccccc3)cc(OC)c12. The van der Waals surface area contributed by atoms with Crippen molar-refractivity contribution in [3.8, 4) is 22.8 Å². The highest BCUT2D eigenvalue weighted by molar-refractivity contribution is 8.00. The lowest BCUT2D eigenvalue weighted by atomic mass is 9.87. The number of nitrogens with one attached hydrogen (secondary N) is 1. The largest absolute Gasteiger partial charge is 0.496 e.